The van der Waals surface area contributed by atoms with Gasteiger partial charge in [-0.2, -0.15) is 0 Å². The molecule has 3 heterocycles. The molecule has 2 aromatic heterocycles. The summed E-state index contributed by atoms with van der Waals surface area (Å²) in [4.78, 5) is 35.2. The van der Waals surface area contributed by atoms with Crippen LogP contribution in [0, 0.1) is 6.92 Å². The van der Waals surface area contributed by atoms with Crippen molar-refractivity contribution in [3.8, 4) is 0 Å². The standard InChI is InChI=1S/C21H24N6O2S/c1-4-29-20(28)15-13-22-21(30-3)25-19(15)27-11-9-26(10-12-27)18-14(2)23-16-7-5-6-8-17(16)24-18/h5-8,13H,4,9-12H2,1-3H3. The Hall–Kier alpha value is -2.94. The fourth-order valence-electron chi connectivity index (χ4n) is 3.56. The highest BCUT2D eigenvalue weighted by molar-refractivity contribution is 7.98. The summed E-state index contributed by atoms with van der Waals surface area (Å²) in [6.45, 7) is 7.05. The van der Waals surface area contributed by atoms with E-state index in [1.165, 1.54) is 11.8 Å². The lowest BCUT2D eigenvalue weighted by Crippen LogP contribution is -2.48. The largest absolute Gasteiger partial charge is 0.462 e. The number of carbonyl (C=O) groups excluding carboxylic acids is 1. The maximum absolute atomic E-state index is 12.4. The van der Waals surface area contributed by atoms with E-state index in [4.69, 9.17) is 14.7 Å². The maximum atomic E-state index is 12.4. The lowest BCUT2D eigenvalue weighted by Gasteiger charge is -2.37. The summed E-state index contributed by atoms with van der Waals surface area (Å²) in [6.07, 6.45) is 3.49. The fraction of sp³-hybridized carbons (Fsp3) is 0.381. The zero-order chi connectivity index (χ0) is 21.1. The number of hydrogen-bond donors (Lipinski definition) is 0. The van der Waals surface area contributed by atoms with E-state index in [1.807, 2.05) is 37.4 Å². The molecule has 1 saturated heterocycles. The zero-order valence-electron chi connectivity index (χ0n) is 17.3. The van der Waals surface area contributed by atoms with Gasteiger partial charge in [-0.15, -0.1) is 0 Å². The number of carbonyl (C=O) groups is 1. The van der Waals surface area contributed by atoms with E-state index in [0.717, 1.165) is 35.6 Å². The van der Waals surface area contributed by atoms with Crippen LogP contribution in [0.2, 0.25) is 0 Å². The highest BCUT2D eigenvalue weighted by Gasteiger charge is 2.26. The molecule has 0 saturated carbocycles. The predicted molar refractivity (Wildman–Crippen MR) is 118 cm³/mol. The van der Waals surface area contributed by atoms with Crippen LogP contribution >= 0.6 is 11.8 Å². The first-order valence-electron chi connectivity index (χ1n) is 9.92. The number of hydrogen-bond acceptors (Lipinski definition) is 9. The van der Waals surface area contributed by atoms with Gasteiger partial charge < -0.3 is 14.5 Å². The number of nitrogens with zero attached hydrogens (tertiary/aromatic N) is 6. The molecular weight excluding hydrogens is 400 g/mol. The van der Waals surface area contributed by atoms with Crippen molar-refractivity contribution in [3.05, 3.63) is 41.7 Å². The van der Waals surface area contributed by atoms with Gasteiger partial charge in [-0.1, -0.05) is 23.9 Å². The van der Waals surface area contributed by atoms with E-state index in [1.54, 1.807) is 13.1 Å². The first-order valence-corrected chi connectivity index (χ1v) is 11.1. The summed E-state index contributed by atoms with van der Waals surface area (Å²) in [5, 5.41) is 0.636. The normalized spacial score (nSPS) is 14.2. The van der Waals surface area contributed by atoms with Crippen molar-refractivity contribution in [2.75, 3.05) is 48.8 Å². The van der Waals surface area contributed by atoms with Crippen LogP contribution < -0.4 is 9.80 Å². The molecule has 1 aliphatic rings. The van der Waals surface area contributed by atoms with Crippen LogP contribution in [0.25, 0.3) is 11.0 Å². The van der Waals surface area contributed by atoms with Crippen molar-refractivity contribution in [3.63, 3.8) is 0 Å². The lowest BCUT2D eigenvalue weighted by atomic mass is 10.2. The first-order chi connectivity index (χ1) is 14.6. The van der Waals surface area contributed by atoms with Gasteiger partial charge >= 0.3 is 5.97 Å². The van der Waals surface area contributed by atoms with Gasteiger partial charge in [0, 0.05) is 32.4 Å². The Morgan fingerprint density at radius 1 is 1.03 bits per heavy atom. The molecule has 0 radical (unpaired) electrons. The van der Waals surface area contributed by atoms with E-state index < -0.39 is 0 Å². The smallest absolute Gasteiger partial charge is 0.343 e. The summed E-state index contributed by atoms with van der Waals surface area (Å²) < 4.78 is 5.20. The van der Waals surface area contributed by atoms with Gasteiger partial charge in [0.25, 0.3) is 0 Å². The second kappa shape index (κ2) is 8.83. The minimum Gasteiger partial charge on any atom is -0.462 e. The number of aryl methyl sites for hydroxylation is 1. The first kappa shape index (κ1) is 20.3. The van der Waals surface area contributed by atoms with Gasteiger partial charge in [0.2, 0.25) is 0 Å². The van der Waals surface area contributed by atoms with Crippen molar-refractivity contribution < 1.29 is 9.53 Å². The maximum Gasteiger partial charge on any atom is 0.343 e. The van der Waals surface area contributed by atoms with Crippen molar-refractivity contribution in [2.45, 2.75) is 19.0 Å². The Morgan fingerprint density at radius 3 is 2.30 bits per heavy atom. The third-order valence-electron chi connectivity index (χ3n) is 5.02. The van der Waals surface area contributed by atoms with E-state index in [0.29, 0.717) is 36.2 Å². The predicted octanol–water partition coefficient (Wildman–Crippen LogP) is 2.95. The Balaban J connectivity index is 1.56. The van der Waals surface area contributed by atoms with E-state index in [2.05, 4.69) is 19.8 Å². The highest BCUT2D eigenvalue weighted by Crippen LogP contribution is 2.26. The molecule has 156 valence electrons. The molecule has 1 aromatic carbocycles. The number of esters is 1. The SMILES string of the molecule is CCOC(=O)c1cnc(SC)nc1N1CCN(c2nc3ccccc3nc2C)CC1. The number of piperazine rings is 1. The summed E-state index contributed by atoms with van der Waals surface area (Å²) in [7, 11) is 0. The van der Waals surface area contributed by atoms with Crippen LogP contribution in [-0.2, 0) is 4.74 Å². The van der Waals surface area contributed by atoms with Gasteiger partial charge in [0.05, 0.1) is 23.3 Å². The third kappa shape index (κ3) is 4.02. The van der Waals surface area contributed by atoms with Gasteiger partial charge in [0.15, 0.2) is 11.0 Å². The summed E-state index contributed by atoms with van der Waals surface area (Å²) in [6, 6.07) is 7.91. The summed E-state index contributed by atoms with van der Waals surface area (Å²) in [5.74, 6) is 1.15. The topological polar surface area (TPSA) is 84.3 Å². The minimum absolute atomic E-state index is 0.316. The Labute approximate surface area is 179 Å². The number of anilines is 2. The average Bonchev–Trinajstić information content (AvgIpc) is 2.78. The monoisotopic (exact) mass is 424 g/mol. The molecule has 30 heavy (non-hydrogen) atoms. The molecule has 1 aliphatic heterocycles. The van der Waals surface area contributed by atoms with Gasteiger partial charge in [-0.3, -0.25) is 0 Å². The average molecular weight is 425 g/mol. The van der Waals surface area contributed by atoms with Crippen LogP contribution in [0.4, 0.5) is 11.6 Å². The number of aromatic nitrogens is 4. The number of fused-ring (bicyclic) bond motifs is 1. The number of benzene rings is 1. The number of para-hydroxylation sites is 2. The molecule has 0 unspecified atom stereocenters. The lowest BCUT2D eigenvalue weighted by molar-refractivity contribution is 0.0526. The van der Waals surface area contributed by atoms with E-state index in [-0.39, 0.29) is 5.97 Å². The van der Waals surface area contributed by atoms with Crippen LogP contribution in [-0.4, -0.2) is 64.9 Å². The second-order valence-electron chi connectivity index (χ2n) is 6.91. The molecule has 0 amide bonds. The van der Waals surface area contributed by atoms with Gasteiger partial charge in [-0.25, -0.2) is 24.7 Å². The highest BCUT2D eigenvalue weighted by atomic mass is 32.2. The zero-order valence-corrected chi connectivity index (χ0v) is 18.1. The van der Waals surface area contributed by atoms with Crippen molar-refractivity contribution in [1.82, 2.24) is 19.9 Å². The van der Waals surface area contributed by atoms with E-state index >= 15 is 0 Å². The quantitative estimate of drug-likeness (QED) is 0.349. The molecule has 4 rings (SSSR count). The molecule has 1 fully saturated rings. The van der Waals surface area contributed by atoms with E-state index in [9.17, 15) is 4.79 Å². The van der Waals surface area contributed by atoms with Crippen LogP contribution in [0.15, 0.2) is 35.6 Å². The summed E-state index contributed by atoms with van der Waals surface area (Å²) >= 11 is 1.45. The van der Waals surface area contributed by atoms with Crippen LogP contribution in [0.5, 0.6) is 0 Å². The fourth-order valence-corrected chi connectivity index (χ4v) is 3.89. The van der Waals surface area contributed by atoms with Crippen molar-refractivity contribution in [2.24, 2.45) is 0 Å². The minimum atomic E-state index is -0.390. The number of ether oxygens (including phenoxy) is 1. The molecule has 3 aromatic rings. The summed E-state index contributed by atoms with van der Waals surface area (Å²) in [5.41, 5.74) is 3.12. The Bertz CT molecular complexity index is 1070. The molecule has 8 nitrogen and oxygen atoms in total. The number of rotatable bonds is 5. The molecule has 9 heteroatoms. The number of thioether (sulfide) groups is 1. The van der Waals surface area contributed by atoms with Gasteiger partial charge in [-0.05, 0) is 32.2 Å². The second-order valence-corrected chi connectivity index (χ2v) is 7.68. The molecule has 0 atom stereocenters. The molecular formula is C21H24N6O2S. The molecule has 0 aliphatic carbocycles. The third-order valence-corrected chi connectivity index (χ3v) is 5.58. The van der Waals surface area contributed by atoms with Crippen LogP contribution in [0.3, 0.4) is 0 Å². The molecule has 0 bridgehead atoms. The van der Waals surface area contributed by atoms with Gasteiger partial charge in [0.1, 0.15) is 11.4 Å². The molecule has 0 N–H and O–H groups in total. The Kier molecular flexibility index (Phi) is 5.98. The van der Waals surface area contributed by atoms with Crippen LogP contribution in [0.1, 0.15) is 23.0 Å². The van der Waals surface area contributed by atoms with Crippen molar-refractivity contribution in [1.29, 1.82) is 0 Å². The molecule has 0 spiro atoms. The van der Waals surface area contributed by atoms with Crippen molar-refractivity contribution >= 4 is 40.4 Å². The Morgan fingerprint density at radius 2 is 1.67 bits per heavy atom.